The second kappa shape index (κ2) is 5.82. The summed E-state index contributed by atoms with van der Waals surface area (Å²) >= 11 is 1.80. The third-order valence-corrected chi connectivity index (χ3v) is 5.61. The van der Waals surface area contributed by atoms with Gasteiger partial charge in [0.1, 0.15) is 0 Å². The van der Waals surface area contributed by atoms with Gasteiger partial charge in [0.05, 0.1) is 0 Å². The number of fused-ring (bicyclic) bond motifs is 1. The van der Waals surface area contributed by atoms with Crippen molar-refractivity contribution in [2.45, 2.75) is 38.0 Å². The molecule has 2 fully saturated rings. The summed E-state index contributed by atoms with van der Waals surface area (Å²) in [5.41, 5.74) is 1.12. The molecule has 2 aromatic heterocycles. The maximum absolute atomic E-state index is 12.4. The molecule has 0 N–H and O–H groups in total. The average molecular weight is 313 g/mol. The normalized spacial score (nSPS) is 24.9. The fourth-order valence-corrected chi connectivity index (χ4v) is 4.43. The molecule has 0 spiro atoms. The fraction of sp³-hybridized carbons (Fsp3) is 0.412. The van der Waals surface area contributed by atoms with Gasteiger partial charge in [-0.25, -0.2) is 0 Å². The van der Waals surface area contributed by atoms with Gasteiger partial charge in [0, 0.05) is 55.4 Å². The van der Waals surface area contributed by atoms with Crippen molar-refractivity contribution >= 4 is 17.2 Å². The van der Waals surface area contributed by atoms with E-state index in [0.29, 0.717) is 25.0 Å². The molecule has 114 valence electrons. The van der Waals surface area contributed by atoms with Crippen molar-refractivity contribution in [2.75, 3.05) is 6.54 Å². The van der Waals surface area contributed by atoms with E-state index in [0.717, 1.165) is 25.1 Å². The molecule has 0 saturated carbocycles. The van der Waals surface area contributed by atoms with Crippen molar-refractivity contribution in [3.05, 3.63) is 52.5 Å². The molecule has 22 heavy (non-hydrogen) atoms. The zero-order valence-corrected chi connectivity index (χ0v) is 13.2. The lowest BCUT2D eigenvalue weighted by Gasteiger charge is -2.25. The first kappa shape index (κ1) is 13.9. The van der Waals surface area contributed by atoms with Crippen LogP contribution in [-0.2, 0) is 17.9 Å². The average Bonchev–Trinajstić information content (AvgIpc) is 3.23. The summed E-state index contributed by atoms with van der Waals surface area (Å²) in [6.07, 6.45) is 5.38. The predicted octanol–water partition coefficient (Wildman–Crippen LogP) is 2.52. The standard InChI is InChI=1S/C17H19N3OS/c21-17-9-16-15(20(17)11-13-3-1-6-18-10-13)5-7-19(16)12-14-4-2-8-22-14/h1-4,6,8,10,15-16H,5,7,9,11-12H2/t15-,16+/m0/s1. The Morgan fingerprint density at radius 1 is 1.23 bits per heavy atom. The van der Waals surface area contributed by atoms with Crippen LogP contribution in [0.25, 0.3) is 0 Å². The predicted molar refractivity (Wildman–Crippen MR) is 86.3 cm³/mol. The first-order valence-electron chi connectivity index (χ1n) is 7.76. The van der Waals surface area contributed by atoms with E-state index in [4.69, 9.17) is 0 Å². The molecule has 0 aromatic carbocycles. The van der Waals surface area contributed by atoms with Gasteiger partial charge < -0.3 is 4.90 Å². The second-order valence-electron chi connectivity index (χ2n) is 6.06. The van der Waals surface area contributed by atoms with Crippen molar-refractivity contribution in [3.8, 4) is 0 Å². The number of aromatic nitrogens is 1. The molecule has 1 amide bonds. The van der Waals surface area contributed by atoms with E-state index in [1.807, 2.05) is 18.3 Å². The Balaban J connectivity index is 1.47. The van der Waals surface area contributed by atoms with Gasteiger partial charge in [-0.1, -0.05) is 12.1 Å². The maximum atomic E-state index is 12.4. The van der Waals surface area contributed by atoms with Gasteiger partial charge in [0.15, 0.2) is 0 Å². The second-order valence-corrected chi connectivity index (χ2v) is 7.09. The van der Waals surface area contributed by atoms with Crippen LogP contribution >= 0.6 is 11.3 Å². The third kappa shape index (κ3) is 2.55. The molecule has 2 atom stereocenters. The summed E-state index contributed by atoms with van der Waals surface area (Å²) in [5.74, 6) is 0.287. The minimum atomic E-state index is 0.287. The molecular weight excluding hydrogens is 294 g/mol. The van der Waals surface area contributed by atoms with E-state index in [2.05, 4.69) is 32.3 Å². The van der Waals surface area contributed by atoms with Crippen molar-refractivity contribution < 1.29 is 4.79 Å². The van der Waals surface area contributed by atoms with E-state index in [1.54, 1.807) is 17.5 Å². The Hall–Kier alpha value is -1.72. The molecule has 0 unspecified atom stereocenters. The quantitative estimate of drug-likeness (QED) is 0.870. The fourth-order valence-electron chi connectivity index (χ4n) is 3.70. The van der Waals surface area contributed by atoms with Gasteiger partial charge in [-0.15, -0.1) is 11.3 Å². The zero-order chi connectivity index (χ0) is 14.9. The van der Waals surface area contributed by atoms with Gasteiger partial charge in [-0.3, -0.25) is 14.7 Å². The van der Waals surface area contributed by atoms with Gasteiger partial charge >= 0.3 is 0 Å². The van der Waals surface area contributed by atoms with Crippen LogP contribution in [0, 0.1) is 0 Å². The molecule has 4 rings (SSSR count). The zero-order valence-electron chi connectivity index (χ0n) is 12.4. The molecule has 2 aliphatic rings. The Labute approximate surface area is 134 Å². The summed E-state index contributed by atoms with van der Waals surface area (Å²) in [4.78, 5) is 22.5. The molecule has 5 heteroatoms. The summed E-state index contributed by atoms with van der Waals surface area (Å²) in [6.45, 7) is 2.76. The highest BCUT2D eigenvalue weighted by atomic mass is 32.1. The Morgan fingerprint density at radius 3 is 2.95 bits per heavy atom. The highest BCUT2D eigenvalue weighted by Crippen LogP contribution is 2.34. The molecule has 2 aromatic rings. The third-order valence-electron chi connectivity index (χ3n) is 4.74. The monoisotopic (exact) mass is 313 g/mol. The SMILES string of the molecule is O=C1C[C@@H]2[C@H](CCN2Cc2cccs2)N1Cc1cccnc1. The first-order valence-corrected chi connectivity index (χ1v) is 8.64. The van der Waals surface area contributed by atoms with Gasteiger partial charge in [-0.05, 0) is 29.5 Å². The van der Waals surface area contributed by atoms with Gasteiger partial charge in [0.25, 0.3) is 0 Å². The van der Waals surface area contributed by atoms with Crippen molar-refractivity contribution in [1.82, 2.24) is 14.8 Å². The number of hydrogen-bond donors (Lipinski definition) is 0. The lowest BCUT2D eigenvalue weighted by molar-refractivity contribution is -0.129. The van der Waals surface area contributed by atoms with Crippen LogP contribution in [0.5, 0.6) is 0 Å². The smallest absolute Gasteiger partial charge is 0.224 e. The van der Waals surface area contributed by atoms with Crippen molar-refractivity contribution in [1.29, 1.82) is 0 Å². The van der Waals surface area contributed by atoms with E-state index in [-0.39, 0.29) is 5.91 Å². The molecule has 4 nitrogen and oxygen atoms in total. The lowest BCUT2D eigenvalue weighted by Crippen LogP contribution is -2.36. The summed E-state index contributed by atoms with van der Waals surface area (Å²) in [7, 11) is 0. The molecule has 4 heterocycles. The van der Waals surface area contributed by atoms with Crippen LogP contribution < -0.4 is 0 Å². The number of thiophene rings is 1. The van der Waals surface area contributed by atoms with Crippen molar-refractivity contribution in [2.24, 2.45) is 0 Å². The Morgan fingerprint density at radius 2 is 2.18 bits per heavy atom. The minimum absolute atomic E-state index is 0.287. The summed E-state index contributed by atoms with van der Waals surface area (Å²) < 4.78 is 0. The Bertz CT molecular complexity index is 643. The number of likely N-dealkylation sites (tertiary alicyclic amines) is 2. The number of rotatable bonds is 4. The topological polar surface area (TPSA) is 36.4 Å². The van der Waals surface area contributed by atoms with Crippen LogP contribution in [0.2, 0.25) is 0 Å². The molecule has 0 bridgehead atoms. The molecule has 2 saturated heterocycles. The van der Waals surface area contributed by atoms with E-state index in [9.17, 15) is 4.79 Å². The number of carbonyl (C=O) groups is 1. The van der Waals surface area contributed by atoms with Crippen LogP contribution in [0.1, 0.15) is 23.3 Å². The van der Waals surface area contributed by atoms with Crippen LogP contribution in [0.3, 0.4) is 0 Å². The summed E-state index contributed by atoms with van der Waals surface area (Å²) in [5, 5.41) is 2.12. The first-order chi connectivity index (χ1) is 10.8. The van der Waals surface area contributed by atoms with Crippen LogP contribution in [-0.4, -0.2) is 39.3 Å². The van der Waals surface area contributed by atoms with E-state index < -0.39 is 0 Å². The van der Waals surface area contributed by atoms with E-state index in [1.165, 1.54) is 4.88 Å². The largest absolute Gasteiger partial charge is 0.334 e. The van der Waals surface area contributed by atoms with Crippen LogP contribution in [0.4, 0.5) is 0 Å². The summed E-state index contributed by atoms with van der Waals surface area (Å²) in [6, 6.07) is 9.01. The number of hydrogen-bond acceptors (Lipinski definition) is 4. The lowest BCUT2D eigenvalue weighted by atomic mass is 10.1. The van der Waals surface area contributed by atoms with Gasteiger partial charge in [0.2, 0.25) is 5.91 Å². The van der Waals surface area contributed by atoms with Crippen molar-refractivity contribution in [3.63, 3.8) is 0 Å². The highest BCUT2D eigenvalue weighted by molar-refractivity contribution is 7.09. The maximum Gasteiger partial charge on any atom is 0.224 e. The van der Waals surface area contributed by atoms with E-state index >= 15 is 0 Å². The minimum Gasteiger partial charge on any atom is -0.334 e. The Kier molecular flexibility index (Phi) is 3.68. The van der Waals surface area contributed by atoms with Gasteiger partial charge in [-0.2, -0.15) is 0 Å². The number of nitrogens with zero attached hydrogens (tertiary/aromatic N) is 3. The highest BCUT2D eigenvalue weighted by Gasteiger charge is 2.46. The van der Waals surface area contributed by atoms with Crippen LogP contribution in [0.15, 0.2) is 42.0 Å². The molecule has 0 aliphatic carbocycles. The molecule has 2 aliphatic heterocycles. The number of pyridine rings is 1. The number of carbonyl (C=O) groups excluding carboxylic acids is 1. The molecule has 0 radical (unpaired) electrons. The number of amides is 1. The molecular formula is C17H19N3OS.